The van der Waals surface area contributed by atoms with Crippen molar-refractivity contribution in [1.82, 2.24) is 10.2 Å². The molecule has 0 bridgehead atoms. The Kier molecular flexibility index (Phi) is 6.00. The molecule has 1 aromatic carbocycles. The SMILES string of the molecule is Cc1cc(Br)ccc1C(=O)NCCC(=O)N1CCCC(C)C1. The third-order valence-corrected chi connectivity index (χ3v) is 4.56. The Morgan fingerprint density at radius 3 is 2.86 bits per heavy atom. The maximum Gasteiger partial charge on any atom is 0.251 e. The van der Waals surface area contributed by atoms with Crippen molar-refractivity contribution in [3.05, 3.63) is 33.8 Å². The van der Waals surface area contributed by atoms with Gasteiger partial charge in [0.25, 0.3) is 5.91 Å². The fourth-order valence-corrected chi connectivity index (χ4v) is 3.31. The van der Waals surface area contributed by atoms with Crippen molar-refractivity contribution in [3.8, 4) is 0 Å². The van der Waals surface area contributed by atoms with Crippen LogP contribution in [0.5, 0.6) is 0 Å². The lowest BCUT2D eigenvalue weighted by molar-refractivity contribution is -0.132. The van der Waals surface area contributed by atoms with Crippen molar-refractivity contribution in [1.29, 1.82) is 0 Å². The van der Waals surface area contributed by atoms with Gasteiger partial charge in [-0.25, -0.2) is 0 Å². The lowest BCUT2D eigenvalue weighted by atomic mass is 10.00. The molecule has 1 aliphatic rings. The Hall–Kier alpha value is -1.36. The second-order valence-electron chi connectivity index (χ2n) is 6.05. The number of hydrogen-bond acceptors (Lipinski definition) is 2. The Morgan fingerprint density at radius 1 is 1.41 bits per heavy atom. The normalized spacial score (nSPS) is 18.1. The molecular weight excluding hydrogens is 344 g/mol. The van der Waals surface area contributed by atoms with Gasteiger partial charge in [-0.3, -0.25) is 9.59 Å². The highest BCUT2D eigenvalue weighted by atomic mass is 79.9. The highest BCUT2D eigenvalue weighted by molar-refractivity contribution is 9.10. The summed E-state index contributed by atoms with van der Waals surface area (Å²) < 4.78 is 0.955. The van der Waals surface area contributed by atoms with Gasteiger partial charge in [-0.2, -0.15) is 0 Å². The number of rotatable bonds is 4. The number of piperidine rings is 1. The van der Waals surface area contributed by atoms with Gasteiger partial charge in [0.1, 0.15) is 0 Å². The number of aryl methyl sites for hydroxylation is 1. The van der Waals surface area contributed by atoms with E-state index in [1.54, 1.807) is 6.07 Å². The molecule has 1 saturated heterocycles. The first kappa shape index (κ1) is 17.0. The van der Waals surface area contributed by atoms with Gasteiger partial charge in [0.2, 0.25) is 5.91 Å². The van der Waals surface area contributed by atoms with E-state index in [0.29, 0.717) is 24.4 Å². The Morgan fingerprint density at radius 2 is 2.18 bits per heavy atom. The lowest BCUT2D eigenvalue weighted by Crippen LogP contribution is -2.40. The molecule has 1 fully saturated rings. The first-order valence-electron chi connectivity index (χ1n) is 7.79. The summed E-state index contributed by atoms with van der Waals surface area (Å²) in [5, 5.41) is 2.84. The number of benzene rings is 1. The van der Waals surface area contributed by atoms with Gasteiger partial charge in [0, 0.05) is 36.1 Å². The third-order valence-electron chi connectivity index (χ3n) is 4.07. The van der Waals surface area contributed by atoms with Gasteiger partial charge in [0.15, 0.2) is 0 Å². The fraction of sp³-hybridized carbons (Fsp3) is 0.529. The average Bonchev–Trinajstić information content (AvgIpc) is 2.46. The molecular formula is C17H23BrN2O2. The third kappa shape index (κ3) is 4.57. The highest BCUT2D eigenvalue weighted by Crippen LogP contribution is 2.17. The summed E-state index contributed by atoms with van der Waals surface area (Å²) in [7, 11) is 0. The Balaban J connectivity index is 1.80. The van der Waals surface area contributed by atoms with Crippen LogP contribution in [0.1, 0.15) is 42.1 Å². The standard InChI is InChI=1S/C17H23BrN2O2/c1-12-4-3-9-20(11-12)16(21)7-8-19-17(22)15-6-5-14(18)10-13(15)2/h5-6,10,12H,3-4,7-9,11H2,1-2H3,(H,19,22). The molecule has 1 aromatic rings. The van der Waals surface area contributed by atoms with Crippen molar-refractivity contribution in [2.75, 3.05) is 19.6 Å². The molecule has 0 saturated carbocycles. The predicted octanol–water partition coefficient (Wildman–Crippen LogP) is 3.14. The van der Waals surface area contributed by atoms with Crippen LogP contribution >= 0.6 is 15.9 Å². The Bertz CT molecular complexity index is 560. The summed E-state index contributed by atoms with van der Waals surface area (Å²) >= 11 is 3.38. The zero-order chi connectivity index (χ0) is 16.1. The predicted molar refractivity (Wildman–Crippen MR) is 90.8 cm³/mol. The van der Waals surface area contributed by atoms with Crippen LogP contribution in [0, 0.1) is 12.8 Å². The molecule has 5 heteroatoms. The molecule has 4 nitrogen and oxygen atoms in total. The molecule has 0 radical (unpaired) electrons. The van der Waals surface area contributed by atoms with Crippen molar-refractivity contribution in [3.63, 3.8) is 0 Å². The molecule has 1 N–H and O–H groups in total. The van der Waals surface area contributed by atoms with Gasteiger partial charge < -0.3 is 10.2 Å². The number of nitrogens with one attached hydrogen (secondary N) is 1. The lowest BCUT2D eigenvalue weighted by Gasteiger charge is -2.31. The van der Waals surface area contributed by atoms with Crippen molar-refractivity contribution in [2.24, 2.45) is 5.92 Å². The van der Waals surface area contributed by atoms with E-state index in [4.69, 9.17) is 0 Å². The summed E-state index contributed by atoms with van der Waals surface area (Å²) in [4.78, 5) is 26.2. The van der Waals surface area contributed by atoms with Crippen LogP contribution in [0.2, 0.25) is 0 Å². The van der Waals surface area contributed by atoms with E-state index in [-0.39, 0.29) is 11.8 Å². The van der Waals surface area contributed by atoms with Crippen LogP contribution in [0.15, 0.2) is 22.7 Å². The maximum atomic E-state index is 12.1. The minimum absolute atomic E-state index is 0.121. The van der Waals surface area contributed by atoms with E-state index in [0.717, 1.165) is 29.5 Å². The van der Waals surface area contributed by atoms with E-state index in [9.17, 15) is 9.59 Å². The largest absolute Gasteiger partial charge is 0.352 e. The molecule has 1 heterocycles. The average molecular weight is 367 g/mol. The van der Waals surface area contributed by atoms with Crippen LogP contribution in [-0.4, -0.2) is 36.3 Å². The summed E-state index contributed by atoms with van der Waals surface area (Å²) in [6.45, 7) is 6.16. The van der Waals surface area contributed by atoms with E-state index in [2.05, 4.69) is 28.2 Å². The van der Waals surface area contributed by atoms with Crippen molar-refractivity contribution < 1.29 is 9.59 Å². The molecule has 2 amide bonds. The van der Waals surface area contributed by atoms with Crippen molar-refractivity contribution >= 4 is 27.7 Å². The van der Waals surface area contributed by atoms with Gasteiger partial charge in [-0.15, -0.1) is 0 Å². The minimum Gasteiger partial charge on any atom is -0.352 e. The fourth-order valence-electron chi connectivity index (χ4n) is 2.83. The van der Waals surface area contributed by atoms with Gasteiger partial charge in [-0.1, -0.05) is 22.9 Å². The molecule has 0 spiro atoms. The van der Waals surface area contributed by atoms with Crippen LogP contribution in [0.25, 0.3) is 0 Å². The van der Waals surface area contributed by atoms with Gasteiger partial charge in [-0.05, 0) is 49.4 Å². The van der Waals surface area contributed by atoms with Crippen LogP contribution in [-0.2, 0) is 4.79 Å². The number of halogens is 1. The summed E-state index contributed by atoms with van der Waals surface area (Å²) in [6.07, 6.45) is 2.65. The van der Waals surface area contributed by atoms with Gasteiger partial charge >= 0.3 is 0 Å². The highest BCUT2D eigenvalue weighted by Gasteiger charge is 2.20. The van der Waals surface area contributed by atoms with Crippen LogP contribution in [0.4, 0.5) is 0 Å². The number of likely N-dealkylation sites (tertiary alicyclic amines) is 1. The number of amides is 2. The maximum absolute atomic E-state index is 12.1. The van der Waals surface area contributed by atoms with Crippen LogP contribution in [0.3, 0.4) is 0 Å². The summed E-state index contributed by atoms with van der Waals surface area (Å²) in [6, 6.07) is 5.56. The minimum atomic E-state index is -0.121. The molecule has 0 aliphatic carbocycles. The number of hydrogen-bond donors (Lipinski definition) is 1. The second kappa shape index (κ2) is 7.77. The van der Waals surface area contributed by atoms with E-state index in [1.165, 1.54) is 6.42 Å². The number of nitrogens with zero attached hydrogens (tertiary/aromatic N) is 1. The van der Waals surface area contributed by atoms with Crippen molar-refractivity contribution in [2.45, 2.75) is 33.1 Å². The molecule has 1 aliphatic heterocycles. The Labute approximate surface area is 140 Å². The molecule has 0 aromatic heterocycles. The zero-order valence-electron chi connectivity index (χ0n) is 13.2. The number of carbonyl (C=O) groups excluding carboxylic acids is 2. The van der Waals surface area contributed by atoms with E-state index >= 15 is 0 Å². The number of carbonyl (C=O) groups is 2. The quantitative estimate of drug-likeness (QED) is 0.889. The van der Waals surface area contributed by atoms with Gasteiger partial charge in [0.05, 0.1) is 0 Å². The molecule has 120 valence electrons. The summed E-state index contributed by atoms with van der Waals surface area (Å²) in [5.41, 5.74) is 1.57. The first-order chi connectivity index (χ1) is 10.5. The molecule has 1 unspecified atom stereocenters. The zero-order valence-corrected chi connectivity index (χ0v) is 14.8. The summed E-state index contributed by atoms with van der Waals surface area (Å²) in [5.74, 6) is 0.599. The smallest absolute Gasteiger partial charge is 0.251 e. The molecule has 22 heavy (non-hydrogen) atoms. The van der Waals surface area contributed by atoms with E-state index < -0.39 is 0 Å². The second-order valence-corrected chi connectivity index (χ2v) is 6.97. The van der Waals surface area contributed by atoms with E-state index in [1.807, 2.05) is 24.0 Å². The topological polar surface area (TPSA) is 49.4 Å². The molecule has 2 rings (SSSR count). The van der Waals surface area contributed by atoms with Crippen LogP contribution < -0.4 is 5.32 Å². The first-order valence-corrected chi connectivity index (χ1v) is 8.59. The molecule has 1 atom stereocenters. The monoisotopic (exact) mass is 366 g/mol.